The van der Waals surface area contributed by atoms with E-state index < -0.39 is 0 Å². The number of hydrogen-bond acceptors (Lipinski definition) is 4. The van der Waals surface area contributed by atoms with E-state index in [4.69, 9.17) is 9.15 Å². The minimum atomic E-state index is -0.378. The van der Waals surface area contributed by atoms with Gasteiger partial charge in [-0.25, -0.2) is 4.79 Å². The fraction of sp³-hybridized carbons (Fsp3) is 0.529. The van der Waals surface area contributed by atoms with Gasteiger partial charge in [-0.05, 0) is 43.1 Å². The lowest BCUT2D eigenvalue weighted by Gasteiger charge is -2.28. The Kier molecular flexibility index (Phi) is 4.73. The molecule has 1 aliphatic rings. The van der Waals surface area contributed by atoms with E-state index >= 15 is 0 Å². The number of rotatable bonds is 5. The molecule has 1 saturated carbocycles. The van der Waals surface area contributed by atoms with Gasteiger partial charge >= 0.3 is 5.76 Å². The average Bonchev–Trinajstić information content (AvgIpc) is 2.89. The first-order valence-corrected chi connectivity index (χ1v) is 7.87. The largest absolute Gasteiger partial charge is 0.437 e. The molecule has 1 aromatic heterocycles. The normalized spacial score (nSPS) is 21.9. The lowest BCUT2D eigenvalue weighted by molar-refractivity contribution is 0.158. The fourth-order valence-corrected chi connectivity index (χ4v) is 3.29. The minimum Gasteiger partial charge on any atom is -0.390 e. The van der Waals surface area contributed by atoms with Crippen LogP contribution in [0.1, 0.15) is 43.1 Å². The Morgan fingerprint density at radius 3 is 2.64 bits per heavy atom. The van der Waals surface area contributed by atoms with Crippen LogP contribution in [0.4, 0.5) is 0 Å². The molecule has 0 N–H and O–H groups in total. The molecule has 0 aliphatic heterocycles. The molecule has 5 heteroatoms. The summed E-state index contributed by atoms with van der Waals surface area (Å²) < 4.78 is 11.4. The highest BCUT2D eigenvalue weighted by Crippen LogP contribution is 2.36. The summed E-state index contributed by atoms with van der Waals surface area (Å²) in [6.07, 6.45) is 4.59. The molecule has 1 aliphatic carbocycles. The van der Waals surface area contributed by atoms with Crippen LogP contribution < -0.4 is 5.76 Å². The van der Waals surface area contributed by atoms with Gasteiger partial charge in [0.25, 0.3) is 0 Å². The standard InChI is InChI=1S/C17H22N2O3/c1-21-12-16-18-19(17(20)22-16)11-13-7-9-15(10-8-13)14-5-3-2-4-6-14/h2-6,13,15H,7-12H2,1H3. The molecule has 0 unspecified atom stereocenters. The van der Waals surface area contributed by atoms with Crippen LogP contribution >= 0.6 is 0 Å². The van der Waals surface area contributed by atoms with Crippen molar-refractivity contribution in [3.8, 4) is 0 Å². The third-order valence-electron chi connectivity index (χ3n) is 4.46. The molecule has 0 amide bonds. The summed E-state index contributed by atoms with van der Waals surface area (Å²) in [6, 6.07) is 10.7. The van der Waals surface area contributed by atoms with Gasteiger partial charge in [-0.15, -0.1) is 5.10 Å². The van der Waals surface area contributed by atoms with E-state index in [0.717, 1.165) is 12.8 Å². The van der Waals surface area contributed by atoms with Crippen LogP contribution in [-0.2, 0) is 17.9 Å². The SMILES string of the molecule is COCc1nn(CC2CCC(c3ccccc3)CC2)c(=O)o1. The lowest BCUT2D eigenvalue weighted by Crippen LogP contribution is -2.24. The van der Waals surface area contributed by atoms with Gasteiger partial charge in [-0.3, -0.25) is 0 Å². The molecule has 0 atom stereocenters. The van der Waals surface area contributed by atoms with Crippen molar-refractivity contribution in [2.24, 2.45) is 5.92 Å². The maximum atomic E-state index is 11.8. The van der Waals surface area contributed by atoms with Crippen molar-refractivity contribution in [2.75, 3.05) is 7.11 Å². The van der Waals surface area contributed by atoms with E-state index in [0.29, 0.717) is 24.3 Å². The van der Waals surface area contributed by atoms with Crippen LogP contribution in [0.5, 0.6) is 0 Å². The summed E-state index contributed by atoms with van der Waals surface area (Å²) in [5, 5.41) is 4.18. The number of methoxy groups -OCH3 is 1. The summed E-state index contributed by atoms with van der Waals surface area (Å²) in [5.41, 5.74) is 1.43. The average molecular weight is 302 g/mol. The topological polar surface area (TPSA) is 57.3 Å². The van der Waals surface area contributed by atoms with Gasteiger partial charge in [0.1, 0.15) is 6.61 Å². The number of hydrogen-bond donors (Lipinski definition) is 0. The highest BCUT2D eigenvalue weighted by molar-refractivity contribution is 5.19. The van der Waals surface area contributed by atoms with E-state index in [1.165, 1.54) is 23.1 Å². The van der Waals surface area contributed by atoms with E-state index in [1.807, 2.05) is 0 Å². The predicted octanol–water partition coefficient (Wildman–Crippen LogP) is 2.96. The number of benzene rings is 1. The van der Waals surface area contributed by atoms with Crippen LogP contribution in [0, 0.1) is 5.92 Å². The zero-order valence-corrected chi connectivity index (χ0v) is 12.9. The van der Waals surface area contributed by atoms with Crippen LogP contribution in [0.3, 0.4) is 0 Å². The van der Waals surface area contributed by atoms with Crippen molar-refractivity contribution in [3.05, 3.63) is 52.3 Å². The van der Waals surface area contributed by atoms with Crippen molar-refractivity contribution < 1.29 is 9.15 Å². The summed E-state index contributed by atoms with van der Waals surface area (Å²) in [5.74, 6) is 1.12. The lowest BCUT2D eigenvalue weighted by atomic mass is 9.79. The minimum absolute atomic E-state index is 0.239. The molecule has 1 fully saturated rings. The Morgan fingerprint density at radius 2 is 1.95 bits per heavy atom. The summed E-state index contributed by atoms with van der Waals surface area (Å²) >= 11 is 0. The predicted molar refractivity (Wildman–Crippen MR) is 82.6 cm³/mol. The molecule has 0 radical (unpaired) electrons. The fourth-order valence-electron chi connectivity index (χ4n) is 3.29. The molecule has 3 rings (SSSR count). The molecule has 5 nitrogen and oxygen atoms in total. The van der Waals surface area contributed by atoms with Gasteiger partial charge in [0.05, 0.1) is 6.54 Å². The van der Waals surface area contributed by atoms with Crippen LogP contribution in [0.15, 0.2) is 39.5 Å². The Bertz CT molecular complexity index is 639. The second-order valence-corrected chi connectivity index (χ2v) is 6.01. The molecular formula is C17H22N2O3. The van der Waals surface area contributed by atoms with Crippen molar-refractivity contribution in [1.82, 2.24) is 9.78 Å². The number of ether oxygens (including phenoxy) is 1. The zero-order chi connectivity index (χ0) is 15.4. The van der Waals surface area contributed by atoms with Gasteiger partial charge in [0.15, 0.2) is 0 Å². The van der Waals surface area contributed by atoms with E-state index in [-0.39, 0.29) is 12.4 Å². The van der Waals surface area contributed by atoms with E-state index in [9.17, 15) is 4.79 Å². The number of nitrogens with zero attached hydrogens (tertiary/aromatic N) is 2. The molecule has 118 valence electrons. The molecule has 1 heterocycles. The molecular weight excluding hydrogens is 280 g/mol. The van der Waals surface area contributed by atoms with E-state index in [1.54, 1.807) is 7.11 Å². The van der Waals surface area contributed by atoms with Gasteiger partial charge in [-0.1, -0.05) is 30.3 Å². The third-order valence-corrected chi connectivity index (χ3v) is 4.46. The molecule has 0 bridgehead atoms. The maximum Gasteiger partial charge on any atom is 0.437 e. The summed E-state index contributed by atoms with van der Waals surface area (Å²) in [6.45, 7) is 0.885. The molecule has 22 heavy (non-hydrogen) atoms. The molecule has 0 spiro atoms. The van der Waals surface area contributed by atoms with Crippen molar-refractivity contribution in [1.29, 1.82) is 0 Å². The van der Waals surface area contributed by atoms with Crippen molar-refractivity contribution >= 4 is 0 Å². The van der Waals surface area contributed by atoms with Crippen molar-refractivity contribution in [3.63, 3.8) is 0 Å². The molecule has 0 saturated heterocycles. The summed E-state index contributed by atoms with van der Waals surface area (Å²) in [7, 11) is 1.56. The van der Waals surface area contributed by atoms with E-state index in [2.05, 4.69) is 35.4 Å². The Morgan fingerprint density at radius 1 is 1.23 bits per heavy atom. The van der Waals surface area contributed by atoms with Crippen molar-refractivity contribution in [2.45, 2.75) is 44.8 Å². The van der Waals surface area contributed by atoms with Crippen LogP contribution in [-0.4, -0.2) is 16.9 Å². The number of aromatic nitrogens is 2. The second kappa shape index (κ2) is 6.92. The van der Waals surface area contributed by atoms with Crippen LogP contribution in [0.25, 0.3) is 0 Å². The Balaban J connectivity index is 1.57. The Labute approximate surface area is 129 Å². The maximum absolute atomic E-state index is 11.8. The monoisotopic (exact) mass is 302 g/mol. The smallest absolute Gasteiger partial charge is 0.390 e. The van der Waals surface area contributed by atoms with Gasteiger partial charge in [0, 0.05) is 7.11 Å². The molecule has 1 aromatic carbocycles. The van der Waals surface area contributed by atoms with Crippen LogP contribution in [0.2, 0.25) is 0 Å². The highest BCUT2D eigenvalue weighted by Gasteiger charge is 2.23. The Hall–Kier alpha value is -1.88. The zero-order valence-electron chi connectivity index (χ0n) is 12.9. The highest BCUT2D eigenvalue weighted by atomic mass is 16.5. The van der Waals surface area contributed by atoms with Gasteiger partial charge in [0.2, 0.25) is 5.89 Å². The first-order chi connectivity index (χ1) is 10.8. The van der Waals surface area contributed by atoms with Gasteiger partial charge in [-0.2, -0.15) is 4.68 Å². The second-order valence-electron chi connectivity index (χ2n) is 6.01. The third kappa shape index (κ3) is 3.47. The summed E-state index contributed by atoms with van der Waals surface area (Å²) in [4.78, 5) is 11.8. The first-order valence-electron chi connectivity index (χ1n) is 7.87. The molecule has 2 aromatic rings. The quantitative estimate of drug-likeness (QED) is 0.852. The van der Waals surface area contributed by atoms with Gasteiger partial charge < -0.3 is 9.15 Å². The first kappa shape index (κ1) is 15.0.